The minimum absolute atomic E-state index is 0.0172. The summed E-state index contributed by atoms with van der Waals surface area (Å²) < 4.78 is 0. The van der Waals surface area contributed by atoms with E-state index < -0.39 is 0 Å². The van der Waals surface area contributed by atoms with Gasteiger partial charge in [-0.05, 0) is 118 Å². The van der Waals surface area contributed by atoms with E-state index in [0.717, 1.165) is 16.7 Å². The number of nitrogens with two attached hydrogens (primary N) is 1. The van der Waals surface area contributed by atoms with Crippen LogP contribution < -0.4 is 11.1 Å². The fourth-order valence-corrected chi connectivity index (χ4v) is 9.72. The molecular weight excluding hydrogens is 701 g/mol. The van der Waals surface area contributed by atoms with Crippen molar-refractivity contribution < 1.29 is 0 Å². The first-order chi connectivity index (χ1) is 28.2. The van der Waals surface area contributed by atoms with Crippen LogP contribution in [0.4, 0.5) is 0 Å². The summed E-state index contributed by atoms with van der Waals surface area (Å²) >= 11 is 0. The van der Waals surface area contributed by atoms with Crippen molar-refractivity contribution in [3.05, 3.63) is 221 Å². The van der Waals surface area contributed by atoms with E-state index in [2.05, 4.69) is 203 Å². The van der Waals surface area contributed by atoms with E-state index in [-0.39, 0.29) is 23.0 Å². The summed E-state index contributed by atoms with van der Waals surface area (Å²) in [7, 11) is 0. The highest BCUT2D eigenvalue weighted by atomic mass is 15.0. The first-order valence-corrected chi connectivity index (χ1v) is 20.5. The molecule has 58 heavy (non-hydrogen) atoms. The quantitative estimate of drug-likeness (QED) is 0.152. The molecule has 0 aromatic heterocycles. The van der Waals surface area contributed by atoms with Gasteiger partial charge in [-0.25, -0.2) is 0 Å². The Hall–Kier alpha value is -6.32. The monoisotopic (exact) mass is 748 g/mol. The highest BCUT2D eigenvalue weighted by Gasteiger charge is 2.37. The summed E-state index contributed by atoms with van der Waals surface area (Å²) in [6, 6.07) is 64.2. The van der Waals surface area contributed by atoms with Crippen LogP contribution in [0.15, 0.2) is 182 Å². The predicted molar refractivity (Wildman–Crippen MR) is 245 cm³/mol. The molecule has 2 nitrogen and oxygen atoms in total. The largest absolute Gasteiger partial charge is 0.312 e. The minimum Gasteiger partial charge on any atom is -0.312 e. The Bertz CT molecular complexity index is 2880. The molecular formula is C56H48N2. The predicted octanol–water partition coefficient (Wildman–Crippen LogP) is 13.8. The molecule has 8 aromatic carbocycles. The van der Waals surface area contributed by atoms with Gasteiger partial charge in [0, 0.05) is 10.8 Å². The second-order valence-corrected chi connectivity index (χ2v) is 17.2. The van der Waals surface area contributed by atoms with Gasteiger partial charge in [0.15, 0.2) is 0 Å². The van der Waals surface area contributed by atoms with E-state index >= 15 is 0 Å². The molecule has 0 radical (unpaired) electrons. The molecule has 3 N–H and O–H groups in total. The van der Waals surface area contributed by atoms with Crippen LogP contribution in [0.5, 0.6) is 0 Å². The van der Waals surface area contributed by atoms with E-state index in [4.69, 9.17) is 5.73 Å². The van der Waals surface area contributed by atoms with Crippen LogP contribution in [0.25, 0.3) is 61.4 Å². The lowest BCUT2D eigenvalue weighted by Gasteiger charge is -2.23. The molecule has 2 unspecified atom stereocenters. The fourth-order valence-electron chi connectivity index (χ4n) is 9.72. The first-order valence-electron chi connectivity index (χ1n) is 20.5. The Kier molecular flexibility index (Phi) is 8.67. The Morgan fingerprint density at radius 1 is 0.448 bits per heavy atom. The van der Waals surface area contributed by atoms with Crippen LogP contribution in [0, 0.1) is 0 Å². The van der Waals surface area contributed by atoms with Gasteiger partial charge < -0.3 is 5.73 Å². The summed E-state index contributed by atoms with van der Waals surface area (Å²) in [4.78, 5) is 0. The van der Waals surface area contributed by atoms with Gasteiger partial charge >= 0.3 is 0 Å². The fraction of sp³-hybridized carbons (Fsp3) is 0.143. The maximum absolute atomic E-state index is 6.85. The minimum atomic E-state index is -0.343. The van der Waals surface area contributed by atoms with Crippen molar-refractivity contribution in [1.82, 2.24) is 5.32 Å². The molecule has 2 aliphatic rings. The van der Waals surface area contributed by atoms with E-state index in [0.29, 0.717) is 0 Å². The van der Waals surface area contributed by atoms with Crippen molar-refractivity contribution in [3.63, 3.8) is 0 Å². The van der Waals surface area contributed by atoms with Gasteiger partial charge in [-0.3, -0.25) is 5.32 Å². The van der Waals surface area contributed by atoms with Crippen LogP contribution in [-0.4, -0.2) is 0 Å². The zero-order valence-electron chi connectivity index (χ0n) is 33.6. The second kappa shape index (κ2) is 14.0. The van der Waals surface area contributed by atoms with Crippen LogP contribution in [0.1, 0.15) is 78.8 Å². The van der Waals surface area contributed by atoms with Crippen LogP contribution in [0.3, 0.4) is 0 Å². The van der Waals surface area contributed by atoms with Crippen molar-refractivity contribution >= 4 is 16.8 Å². The van der Waals surface area contributed by atoms with Gasteiger partial charge in [-0.15, -0.1) is 0 Å². The smallest absolute Gasteiger partial charge is 0.0817 e. The average molecular weight is 749 g/mol. The highest BCUT2D eigenvalue weighted by Crippen LogP contribution is 2.53. The Morgan fingerprint density at radius 3 is 1.86 bits per heavy atom. The molecule has 0 spiro atoms. The lowest BCUT2D eigenvalue weighted by molar-refractivity contribution is 0.509. The molecule has 0 bridgehead atoms. The maximum Gasteiger partial charge on any atom is 0.0817 e. The van der Waals surface area contributed by atoms with E-state index in [1.54, 1.807) is 0 Å². The van der Waals surface area contributed by atoms with Gasteiger partial charge in [0.25, 0.3) is 0 Å². The molecule has 8 aromatic rings. The SMILES string of the molecule is CC1(C)c2ccccc2-c2cc(-c3cccc(C(/C=C/c4ccc(-c5cccc6c5-c5cc7ccccc7cc5C6(C)C)cc4)NC(N)c4ccccc4)c3)ccc21. The number of fused-ring (bicyclic) bond motifs is 7. The second-order valence-electron chi connectivity index (χ2n) is 17.2. The van der Waals surface area contributed by atoms with Crippen molar-refractivity contribution in [2.75, 3.05) is 0 Å². The molecule has 282 valence electrons. The van der Waals surface area contributed by atoms with E-state index in [9.17, 15) is 0 Å². The number of rotatable bonds is 8. The van der Waals surface area contributed by atoms with Crippen molar-refractivity contribution in [2.45, 2.75) is 50.7 Å². The molecule has 2 heteroatoms. The maximum atomic E-state index is 6.85. The van der Waals surface area contributed by atoms with Gasteiger partial charge in [0.05, 0.1) is 12.2 Å². The average Bonchev–Trinajstić information content (AvgIpc) is 3.63. The molecule has 0 saturated heterocycles. The molecule has 2 aliphatic carbocycles. The normalized spacial score (nSPS) is 15.5. The molecule has 0 amide bonds. The lowest BCUT2D eigenvalue weighted by Crippen LogP contribution is -2.31. The first kappa shape index (κ1) is 36.0. The highest BCUT2D eigenvalue weighted by molar-refractivity contribution is 5.98. The lowest BCUT2D eigenvalue weighted by atomic mass is 9.81. The van der Waals surface area contributed by atoms with Crippen LogP contribution >= 0.6 is 0 Å². The third kappa shape index (κ3) is 6.03. The van der Waals surface area contributed by atoms with Crippen molar-refractivity contribution in [3.8, 4) is 44.5 Å². The Morgan fingerprint density at radius 2 is 1.05 bits per heavy atom. The summed E-state index contributed by atoms with van der Waals surface area (Å²) in [5.41, 5.74) is 25.9. The molecule has 10 rings (SSSR count). The summed E-state index contributed by atoms with van der Waals surface area (Å²) in [6.45, 7) is 9.39. The molecule has 0 saturated carbocycles. The number of hydrogen-bond donors (Lipinski definition) is 2. The van der Waals surface area contributed by atoms with Gasteiger partial charge in [-0.2, -0.15) is 0 Å². The van der Waals surface area contributed by atoms with Gasteiger partial charge in [-0.1, -0.05) is 192 Å². The Balaban J connectivity index is 0.981. The summed E-state index contributed by atoms with van der Waals surface area (Å²) in [5.74, 6) is 0. The topological polar surface area (TPSA) is 38.0 Å². The van der Waals surface area contributed by atoms with E-state index in [1.807, 2.05) is 18.2 Å². The zero-order chi connectivity index (χ0) is 39.6. The molecule has 2 atom stereocenters. The summed E-state index contributed by atoms with van der Waals surface area (Å²) in [6.07, 6.45) is 4.13. The van der Waals surface area contributed by atoms with Crippen LogP contribution in [0.2, 0.25) is 0 Å². The van der Waals surface area contributed by atoms with Gasteiger partial charge in [0.2, 0.25) is 0 Å². The van der Waals surface area contributed by atoms with Crippen molar-refractivity contribution in [2.24, 2.45) is 5.73 Å². The Labute approximate surface area is 342 Å². The van der Waals surface area contributed by atoms with Crippen LogP contribution in [-0.2, 0) is 10.8 Å². The third-order valence-electron chi connectivity index (χ3n) is 12.9. The third-order valence-corrected chi connectivity index (χ3v) is 12.9. The molecule has 0 heterocycles. The molecule has 0 fully saturated rings. The number of nitrogens with one attached hydrogen (secondary N) is 1. The number of hydrogen-bond acceptors (Lipinski definition) is 2. The number of benzene rings is 8. The summed E-state index contributed by atoms with van der Waals surface area (Å²) in [5, 5.41) is 6.32. The standard InChI is InChI=1S/C56H48N2/c1-55(2)48-22-11-10-20-45(48)46-33-42(29-30-49(46)55)39-18-12-19-43(32-39)52(58-54(57)38-14-6-5-7-15-38)31-26-36-24-27-37(28-25-36)44-21-13-23-50-53(44)47-34-40-16-8-9-17-41(40)35-51(47)56(50,3)4/h5-35,52,54,58H,57H2,1-4H3/b31-26+. The zero-order valence-corrected chi connectivity index (χ0v) is 33.6. The van der Waals surface area contributed by atoms with E-state index in [1.165, 1.54) is 77.5 Å². The molecule has 0 aliphatic heterocycles. The van der Waals surface area contributed by atoms with Gasteiger partial charge in [0.1, 0.15) is 0 Å². The van der Waals surface area contributed by atoms with Crippen molar-refractivity contribution in [1.29, 1.82) is 0 Å².